The van der Waals surface area contributed by atoms with Crippen molar-refractivity contribution in [2.75, 3.05) is 6.61 Å². The van der Waals surface area contributed by atoms with Gasteiger partial charge in [0.15, 0.2) is 0 Å². The van der Waals surface area contributed by atoms with Gasteiger partial charge in [0.05, 0.1) is 17.3 Å². The number of hydrogen-bond acceptors (Lipinski definition) is 4. The Balaban J connectivity index is 2.58. The number of carbonyl (C=O) groups is 2. The van der Waals surface area contributed by atoms with Crippen molar-refractivity contribution in [1.29, 1.82) is 0 Å². The summed E-state index contributed by atoms with van der Waals surface area (Å²) in [6, 6.07) is 13.7. The van der Waals surface area contributed by atoms with Crippen LogP contribution in [0.15, 0.2) is 54.1 Å². The second kappa shape index (κ2) is 7.79. The molecule has 4 nitrogen and oxygen atoms in total. The second-order valence-electron chi connectivity index (χ2n) is 5.18. The molecule has 124 valence electrons. The minimum atomic E-state index is -0.763. The first-order chi connectivity index (χ1) is 11.5. The summed E-state index contributed by atoms with van der Waals surface area (Å²) >= 11 is 6.08. The summed E-state index contributed by atoms with van der Waals surface area (Å²) in [4.78, 5) is 25.2. The van der Waals surface area contributed by atoms with Crippen LogP contribution >= 0.6 is 11.6 Å². The van der Waals surface area contributed by atoms with Gasteiger partial charge in [-0.1, -0.05) is 53.6 Å². The highest BCUT2D eigenvalue weighted by molar-refractivity contribution is 6.38. The SMILES string of the molecule is CCOC(=O)/C(C(=O)c1ccccc1Cl)=C(\N)c1ccc(C)cc1. The molecule has 0 atom stereocenters. The predicted octanol–water partition coefficient (Wildman–Crippen LogP) is 3.76. The van der Waals surface area contributed by atoms with E-state index in [0.29, 0.717) is 5.56 Å². The third kappa shape index (κ3) is 3.84. The molecule has 2 aromatic carbocycles. The summed E-state index contributed by atoms with van der Waals surface area (Å²) in [7, 11) is 0. The summed E-state index contributed by atoms with van der Waals surface area (Å²) in [5.41, 5.74) is 7.80. The maximum Gasteiger partial charge on any atom is 0.344 e. The van der Waals surface area contributed by atoms with Crippen LogP contribution in [0.5, 0.6) is 0 Å². The molecule has 0 fully saturated rings. The van der Waals surface area contributed by atoms with Crippen LogP contribution in [0.25, 0.3) is 5.70 Å². The lowest BCUT2D eigenvalue weighted by molar-refractivity contribution is -0.138. The van der Waals surface area contributed by atoms with Gasteiger partial charge in [-0.3, -0.25) is 4.79 Å². The highest BCUT2D eigenvalue weighted by atomic mass is 35.5. The van der Waals surface area contributed by atoms with Gasteiger partial charge in [0.25, 0.3) is 0 Å². The van der Waals surface area contributed by atoms with E-state index in [9.17, 15) is 9.59 Å². The normalized spacial score (nSPS) is 11.6. The van der Waals surface area contributed by atoms with Crippen LogP contribution in [0, 0.1) is 6.92 Å². The number of halogens is 1. The third-order valence-electron chi connectivity index (χ3n) is 3.46. The van der Waals surface area contributed by atoms with Gasteiger partial charge in [0.1, 0.15) is 5.57 Å². The van der Waals surface area contributed by atoms with Crippen molar-refractivity contribution in [1.82, 2.24) is 0 Å². The van der Waals surface area contributed by atoms with Gasteiger partial charge in [-0.15, -0.1) is 0 Å². The Morgan fingerprint density at radius 2 is 1.71 bits per heavy atom. The third-order valence-corrected chi connectivity index (χ3v) is 3.79. The molecule has 0 spiro atoms. The van der Waals surface area contributed by atoms with E-state index >= 15 is 0 Å². The number of esters is 1. The molecule has 2 rings (SSSR count). The summed E-state index contributed by atoms with van der Waals surface area (Å²) in [6.07, 6.45) is 0. The lowest BCUT2D eigenvalue weighted by atomic mass is 9.98. The van der Waals surface area contributed by atoms with Crippen LogP contribution < -0.4 is 5.73 Å². The molecule has 0 unspecified atom stereocenters. The summed E-state index contributed by atoms with van der Waals surface area (Å²) in [5.74, 6) is -1.32. The maximum atomic E-state index is 12.8. The van der Waals surface area contributed by atoms with Gasteiger partial charge in [0, 0.05) is 5.56 Å². The van der Waals surface area contributed by atoms with Gasteiger partial charge in [0.2, 0.25) is 5.78 Å². The number of benzene rings is 2. The molecule has 0 amide bonds. The average molecular weight is 344 g/mol. The van der Waals surface area contributed by atoms with E-state index in [1.54, 1.807) is 43.3 Å². The molecule has 0 aromatic heterocycles. The van der Waals surface area contributed by atoms with Gasteiger partial charge in [-0.05, 0) is 31.5 Å². The number of ketones is 1. The smallest absolute Gasteiger partial charge is 0.344 e. The van der Waals surface area contributed by atoms with Crippen molar-refractivity contribution < 1.29 is 14.3 Å². The van der Waals surface area contributed by atoms with E-state index in [0.717, 1.165) is 5.56 Å². The topological polar surface area (TPSA) is 69.4 Å². The van der Waals surface area contributed by atoms with Gasteiger partial charge >= 0.3 is 5.97 Å². The number of hydrogen-bond donors (Lipinski definition) is 1. The van der Waals surface area contributed by atoms with Crippen molar-refractivity contribution in [2.24, 2.45) is 5.73 Å². The Kier molecular flexibility index (Phi) is 5.77. The van der Waals surface area contributed by atoms with E-state index in [2.05, 4.69) is 0 Å². The molecule has 0 bridgehead atoms. The zero-order valence-electron chi connectivity index (χ0n) is 13.5. The first kappa shape index (κ1) is 17.8. The fourth-order valence-electron chi connectivity index (χ4n) is 2.19. The van der Waals surface area contributed by atoms with Crippen molar-refractivity contribution in [3.63, 3.8) is 0 Å². The highest BCUT2D eigenvalue weighted by Crippen LogP contribution is 2.23. The summed E-state index contributed by atoms with van der Waals surface area (Å²) in [5, 5.41) is 0.251. The Morgan fingerprint density at radius 1 is 1.08 bits per heavy atom. The van der Waals surface area contributed by atoms with Gasteiger partial charge < -0.3 is 10.5 Å². The van der Waals surface area contributed by atoms with Crippen LogP contribution in [0.2, 0.25) is 5.02 Å². The number of carbonyl (C=O) groups excluding carboxylic acids is 2. The van der Waals surface area contributed by atoms with Gasteiger partial charge in [-0.25, -0.2) is 4.79 Å². The Labute approximate surface area is 145 Å². The number of aryl methyl sites for hydroxylation is 1. The van der Waals surface area contributed by atoms with Crippen molar-refractivity contribution in [2.45, 2.75) is 13.8 Å². The molecule has 0 saturated heterocycles. The van der Waals surface area contributed by atoms with Crippen LogP contribution in [-0.4, -0.2) is 18.4 Å². The molecule has 2 N–H and O–H groups in total. The quantitative estimate of drug-likeness (QED) is 0.295. The van der Waals surface area contributed by atoms with Crippen molar-refractivity contribution in [3.05, 3.63) is 75.8 Å². The van der Waals surface area contributed by atoms with Crippen LogP contribution in [-0.2, 0) is 9.53 Å². The molecule has 2 aromatic rings. The maximum absolute atomic E-state index is 12.8. The molecule has 5 heteroatoms. The van der Waals surface area contributed by atoms with Crippen molar-refractivity contribution >= 4 is 29.1 Å². The van der Waals surface area contributed by atoms with Crippen molar-refractivity contribution in [3.8, 4) is 0 Å². The first-order valence-corrected chi connectivity index (χ1v) is 7.86. The number of Topliss-reactive ketones (excluding diaryl/α,β-unsaturated/α-hetero) is 1. The van der Waals surface area contributed by atoms with Gasteiger partial charge in [-0.2, -0.15) is 0 Å². The summed E-state index contributed by atoms with van der Waals surface area (Å²) in [6.45, 7) is 3.74. The number of ether oxygens (including phenoxy) is 1. The molecule has 0 radical (unpaired) electrons. The standard InChI is InChI=1S/C19H18ClNO3/c1-3-24-19(23)16(17(21)13-10-8-12(2)9-11-13)18(22)14-6-4-5-7-15(14)20/h4-11H,3,21H2,1-2H3/b17-16-. The molecule has 24 heavy (non-hydrogen) atoms. The molecule has 0 aliphatic rings. The Bertz CT molecular complexity index is 795. The van der Waals surface area contributed by atoms with E-state index in [1.165, 1.54) is 0 Å². The largest absolute Gasteiger partial charge is 0.462 e. The number of rotatable bonds is 5. The van der Waals surface area contributed by atoms with E-state index < -0.39 is 11.8 Å². The molecular formula is C19H18ClNO3. The van der Waals surface area contributed by atoms with Crippen LogP contribution in [0.4, 0.5) is 0 Å². The predicted molar refractivity (Wildman–Crippen MR) is 94.7 cm³/mol. The number of nitrogens with two attached hydrogens (primary N) is 1. The monoisotopic (exact) mass is 343 g/mol. The van der Waals surface area contributed by atoms with Crippen LogP contribution in [0.1, 0.15) is 28.4 Å². The lowest BCUT2D eigenvalue weighted by Crippen LogP contribution is -2.21. The Hall–Kier alpha value is -2.59. The van der Waals surface area contributed by atoms with E-state index in [1.807, 2.05) is 19.1 Å². The molecule has 0 aliphatic heterocycles. The minimum Gasteiger partial charge on any atom is -0.462 e. The lowest BCUT2D eigenvalue weighted by Gasteiger charge is -2.12. The average Bonchev–Trinajstić information content (AvgIpc) is 2.56. The minimum absolute atomic E-state index is 0.0679. The molecular weight excluding hydrogens is 326 g/mol. The Morgan fingerprint density at radius 3 is 2.29 bits per heavy atom. The fraction of sp³-hybridized carbons (Fsp3) is 0.158. The first-order valence-electron chi connectivity index (χ1n) is 7.48. The summed E-state index contributed by atoms with van der Waals surface area (Å²) < 4.78 is 5.01. The molecule has 0 heterocycles. The zero-order chi connectivity index (χ0) is 17.7. The van der Waals surface area contributed by atoms with E-state index in [4.69, 9.17) is 22.1 Å². The second-order valence-corrected chi connectivity index (χ2v) is 5.59. The molecule has 0 aliphatic carbocycles. The fourth-order valence-corrected chi connectivity index (χ4v) is 2.41. The molecule has 0 saturated carbocycles. The zero-order valence-corrected chi connectivity index (χ0v) is 14.3. The van der Waals surface area contributed by atoms with Crippen LogP contribution in [0.3, 0.4) is 0 Å². The highest BCUT2D eigenvalue weighted by Gasteiger charge is 2.26. The van der Waals surface area contributed by atoms with E-state index in [-0.39, 0.29) is 28.5 Å².